The van der Waals surface area contributed by atoms with Crippen molar-refractivity contribution in [2.45, 2.75) is 19.8 Å². The Morgan fingerprint density at radius 2 is 1.79 bits per heavy atom. The molecule has 2 rings (SSSR count). The van der Waals surface area contributed by atoms with E-state index in [1.54, 1.807) is 29.6 Å². The highest BCUT2D eigenvalue weighted by atomic mass is 32.1. The van der Waals surface area contributed by atoms with Crippen LogP contribution < -0.4 is 10.6 Å². The Morgan fingerprint density at radius 1 is 1.03 bits per heavy atom. The van der Waals surface area contributed by atoms with E-state index in [0.29, 0.717) is 22.7 Å². The van der Waals surface area contributed by atoms with Crippen LogP contribution in [0.1, 0.15) is 39.8 Å². The van der Waals surface area contributed by atoms with Crippen molar-refractivity contribution in [3.63, 3.8) is 0 Å². The molecular weight excluding hydrogens is 396 g/mol. The second-order valence-electron chi connectivity index (χ2n) is 5.94. The highest BCUT2D eigenvalue weighted by molar-refractivity contribution is 7.12. The Morgan fingerprint density at radius 3 is 2.45 bits per heavy atom. The maximum Gasteiger partial charge on any atom is 0.338 e. The van der Waals surface area contributed by atoms with Crippen LogP contribution in [0.3, 0.4) is 0 Å². The molecule has 2 aromatic rings. The fraction of sp³-hybridized carbons (Fsp3) is 0.300. The molecule has 8 nitrogen and oxygen atoms in total. The number of anilines is 1. The van der Waals surface area contributed by atoms with Gasteiger partial charge in [0.25, 0.3) is 11.8 Å². The summed E-state index contributed by atoms with van der Waals surface area (Å²) >= 11 is 1.25. The molecule has 0 aliphatic rings. The van der Waals surface area contributed by atoms with Gasteiger partial charge in [-0.05, 0) is 42.1 Å². The van der Waals surface area contributed by atoms with Crippen LogP contribution in [0.2, 0.25) is 0 Å². The molecule has 0 fully saturated rings. The van der Waals surface area contributed by atoms with Crippen LogP contribution in [0.4, 0.5) is 5.69 Å². The van der Waals surface area contributed by atoms with E-state index in [0.717, 1.165) is 12.8 Å². The molecule has 2 amide bonds. The van der Waals surface area contributed by atoms with Crippen LogP contribution in [0.15, 0.2) is 41.8 Å². The molecule has 29 heavy (non-hydrogen) atoms. The molecular formula is C20H22N2O6S. The molecule has 0 radical (unpaired) electrons. The Hall–Kier alpha value is -3.20. The third kappa shape index (κ3) is 7.74. The predicted molar refractivity (Wildman–Crippen MR) is 108 cm³/mol. The summed E-state index contributed by atoms with van der Waals surface area (Å²) < 4.78 is 9.93. The van der Waals surface area contributed by atoms with Gasteiger partial charge in [0.15, 0.2) is 6.61 Å². The number of rotatable bonds is 10. The Balaban J connectivity index is 1.69. The number of unbranched alkanes of at least 4 members (excludes halogenated alkanes) is 1. The second-order valence-corrected chi connectivity index (χ2v) is 6.88. The summed E-state index contributed by atoms with van der Waals surface area (Å²) in [7, 11) is 0. The van der Waals surface area contributed by atoms with Crippen LogP contribution >= 0.6 is 11.3 Å². The molecule has 1 aromatic heterocycles. The third-order valence-electron chi connectivity index (χ3n) is 3.64. The fourth-order valence-electron chi connectivity index (χ4n) is 2.12. The molecule has 0 bridgehead atoms. The van der Waals surface area contributed by atoms with Crippen molar-refractivity contribution in [2.75, 3.05) is 25.1 Å². The van der Waals surface area contributed by atoms with Gasteiger partial charge in [0, 0.05) is 5.69 Å². The summed E-state index contributed by atoms with van der Waals surface area (Å²) in [6.45, 7) is 1.55. The van der Waals surface area contributed by atoms with Gasteiger partial charge < -0.3 is 20.1 Å². The lowest BCUT2D eigenvalue weighted by Crippen LogP contribution is -2.31. The lowest BCUT2D eigenvalue weighted by molar-refractivity contribution is -0.146. The van der Waals surface area contributed by atoms with Crippen molar-refractivity contribution in [2.24, 2.45) is 0 Å². The molecule has 0 unspecified atom stereocenters. The number of carbonyl (C=O) groups excluding carboxylic acids is 4. The Kier molecular flexibility index (Phi) is 8.84. The van der Waals surface area contributed by atoms with Crippen LogP contribution in [0, 0.1) is 0 Å². The van der Waals surface area contributed by atoms with E-state index in [1.807, 2.05) is 6.92 Å². The summed E-state index contributed by atoms with van der Waals surface area (Å²) in [6.07, 6.45) is 1.74. The van der Waals surface area contributed by atoms with Gasteiger partial charge in [-0.2, -0.15) is 0 Å². The van der Waals surface area contributed by atoms with Crippen molar-refractivity contribution < 1.29 is 28.7 Å². The van der Waals surface area contributed by atoms with Gasteiger partial charge in [0.1, 0.15) is 6.54 Å². The molecule has 2 N–H and O–H groups in total. The van der Waals surface area contributed by atoms with E-state index in [-0.39, 0.29) is 12.5 Å². The smallest absolute Gasteiger partial charge is 0.338 e. The van der Waals surface area contributed by atoms with Gasteiger partial charge in [0.05, 0.1) is 17.0 Å². The SMILES string of the molecule is CCCCOC(=O)c1ccc(NC(=O)COC(=O)CNC(=O)c2cccs2)cc1. The van der Waals surface area contributed by atoms with Crippen LogP contribution in [0.5, 0.6) is 0 Å². The number of hydrogen-bond donors (Lipinski definition) is 2. The number of thiophene rings is 1. The summed E-state index contributed by atoms with van der Waals surface area (Å²) in [5.41, 5.74) is 0.828. The number of amides is 2. The molecule has 1 heterocycles. The lowest BCUT2D eigenvalue weighted by atomic mass is 10.2. The first-order valence-corrected chi connectivity index (χ1v) is 9.92. The van der Waals surface area contributed by atoms with Gasteiger partial charge >= 0.3 is 11.9 Å². The topological polar surface area (TPSA) is 111 Å². The molecule has 0 aliphatic heterocycles. The van der Waals surface area contributed by atoms with E-state index in [2.05, 4.69) is 10.6 Å². The van der Waals surface area contributed by atoms with Crippen LogP contribution in [-0.4, -0.2) is 43.5 Å². The Labute approximate surface area is 172 Å². The van der Waals surface area contributed by atoms with Crippen molar-refractivity contribution in [3.8, 4) is 0 Å². The number of esters is 2. The van der Waals surface area contributed by atoms with Gasteiger partial charge in [-0.25, -0.2) is 4.79 Å². The number of hydrogen-bond acceptors (Lipinski definition) is 7. The van der Waals surface area contributed by atoms with Crippen molar-refractivity contribution >= 4 is 40.8 Å². The minimum absolute atomic E-state index is 0.334. The zero-order chi connectivity index (χ0) is 21.1. The normalized spacial score (nSPS) is 10.1. The van der Waals surface area contributed by atoms with Gasteiger partial charge in [-0.3, -0.25) is 14.4 Å². The van der Waals surface area contributed by atoms with Crippen molar-refractivity contribution in [3.05, 3.63) is 52.2 Å². The summed E-state index contributed by atoms with van der Waals surface area (Å²) in [6, 6.07) is 9.54. The minimum Gasteiger partial charge on any atom is -0.462 e. The van der Waals surface area contributed by atoms with Crippen LogP contribution in [-0.2, 0) is 19.1 Å². The second kappa shape index (κ2) is 11.6. The largest absolute Gasteiger partial charge is 0.462 e. The fourth-order valence-corrected chi connectivity index (χ4v) is 2.76. The van der Waals surface area contributed by atoms with Gasteiger partial charge in [-0.1, -0.05) is 19.4 Å². The van der Waals surface area contributed by atoms with E-state index in [1.165, 1.54) is 23.5 Å². The molecule has 0 spiro atoms. The zero-order valence-electron chi connectivity index (χ0n) is 15.9. The number of carbonyl (C=O) groups is 4. The molecule has 0 saturated heterocycles. The summed E-state index contributed by atoms with van der Waals surface area (Å²) in [5, 5.41) is 6.71. The highest BCUT2D eigenvalue weighted by Crippen LogP contribution is 2.11. The molecule has 0 saturated carbocycles. The van der Waals surface area contributed by atoms with E-state index in [9.17, 15) is 19.2 Å². The first kappa shape index (κ1) is 22.1. The zero-order valence-corrected chi connectivity index (χ0v) is 16.8. The number of benzene rings is 1. The Bertz CT molecular complexity index is 833. The van der Waals surface area contributed by atoms with Crippen molar-refractivity contribution in [1.82, 2.24) is 5.32 Å². The molecule has 1 aromatic carbocycles. The average molecular weight is 418 g/mol. The number of ether oxygens (including phenoxy) is 2. The molecule has 9 heteroatoms. The van der Waals surface area contributed by atoms with Crippen molar-refractivity contribution in [1.29, 1.82) is 0 Å². The lowest BCUT2D eigenvalue weighted by Gasteiger charge is -2.08. The van der Waals surface area contributed by atoms with Gasteiger partial charge in [0.2, 0.25) is 0 Å². The summed E-state index contributed by atoms with van der Waals surface area (Å²) in [5.74, 6) is -2.07. The molecule has 0 aliphatic carbocycles. The quantitative estimate of drug-likeness (QED) is 0.453. The minimum atomic E-state index is -0.727. The average Bonchev–Trinajstić information content (AvgIpc) is 3.26. The standard InChI is InChI=1S/C20H22N2O6S/c1-2-3-10-27-20(26)14-6-8-15(9-7-14)22-17(23)13-28-18(24)12-21-19(25)16-5-4-11-29-16/h4-9,11H,2-3,10,12-13H2,1H3,(H,21,25)(H,22,23). The van der Waals surface area contributed by atoms with E-state index < -0.39 is 24.5 Å². The first-order valence-electron chi connectivity index (χ1n) is 9.04. The maximum absolute atomic E-state index is 11.9. The first-order chi connectivity index (χ1) is 14.0. The maximum atomic E-state index is 11.9. The van der Waals surface area contributed by atoms with Crippen LogP contribution in [0.25, 0.3) is 0 Å². The molecule has 154 valence electrons. The monoisotopic (exact) mass is 418 g/mol. The van der Waals surface area contributed by atoms with Gasteiger partial charge in [-0.15, -0.1) is 11.3 Å². The third-order valence-corrected chi connectivity index (χ3v) is 4.51. The highest BCUT2D eigenvalue weighted by Gasteiger charge is 2.12. The summed E-state index contributed by atoms with van der Waals surface area (Å²) in [4.78, 5) is 47.5. The number of nitrogens with one attached hydrogen (secondary N) is 2. The van der Waals surface area contributed by atoms with E-state index in [4.69, 9.17) is 9.47 Å². The predicted octanol–water partition coefficient (Wildman–Crippen LogP) is 2.62. The van der Waals surface area contributed by atoms with E-state index >= 15 is 0 Å². The molecule has 0 atom stereocenters.